The zero-order chi connectivity index (χ0) is 25.3. The number of hydrogen-bond donors (Lipinski definition) is 1. The SMILES string of the molecule is O=C(CN1CCCN(C(=O)Cc2ccc(OCc3ccccc3)cc2)CC1)Nc1ccc(F)cc1F. The van der Waals surface area contributed by atoms with Gasteiger partial charge in [0, 0.05) is 32.2 Å². The van der Waals surface area contributed by atoms with Crippen molar-refractivity contribution >= 4 is 17.5 Å². The number of rotatable bonds is 8. The van der Waals surface area contributed by atoms with Crippen molar-refractivity contribution in [3.8, 4) is 5.75 Å². The molecule has 0 bridgehead atoms. The quantitative estimate of drug-likeness (QED) is 0.510. The maximum Gasteiger partial charge on any atom is 0.238 e. The largest absolute Gasteiger partial charge is 0.489 e. The van der Waals surface area contributed by atoms with Crippen molar-refractivity contribution in [2.75, 3.05) is 38.0 Å². The molecule has 1 fully saturated rings. The summed E-state index contributed by atoms with van der Waals surface area (Å²) in [5, 5.41) is 2.48. The van der Waals surface area contributed by atoms with E-state index in [1.807, 2.05) is 64.4 Å². The van der Waals surface area contributed by atoms with Gasteiger partial charge < -0.3 is 15.0 Å². The molecule has 1 N–H and O–H groups in total. The predicted molar refractivity (Wildman–Crippen MR) is 134 cm³/mol. The Morgan fingerprint density at radius 1 is 0.861 bits per heavy atom. The lowest BCUT2D eigenvalue weighted by molar-refractivity contribution is -0.130. The number of carbonyl (C=O) groups is 2. The Labute approximate surface area is 209 Å². The molecule has 1 heterocycles. The standard InChI is InChI=1S/C28H29F2N3O3/c29-23-9-12-26(25(30)18-23)31-27(34)19-32-13-4-14-33(16-15-32)28(35)17-21-7-10-24(11-8-21)36-20-22-5-2-1-3-6-22/h1-3,5-12,18H,4,13-17,19-20H2,(H,31,34). The molecule has 36 heavy (non-hydrogen) atoms. The van der Waals surface area contributed by atoms with Gasteiger partial charge in [0.05, 0.1) is 18.7 Å². The predicted octanol–water partition coefficient (Wildman–Crippen LogP) is 4.26. The van der Waals surface area contributed by atoms with Crippen LogP contribution in [0.3, 0.4) is 0 Å². The van der Waals surface area contributed by atoms with Crippen molar-refractivity contribution in [3.63, 3.8) is 0 Å². The number of benzene rings is 3. The van der Waals surface area contributed by atoms with Crippen LogP contribution in [0.25, 0.3) is 0 Å². The van der Waals surface area contributed by atoms with Gasteiger partial charge in [-0.3, -0.25) is 14.5 Å². The fourth-order valence-corrected chi connectivity index (χ4v) is 4.09. The van der Waals surface area contributed by atoms with Crippen LogP contribution in [0.5, 0.6) is 5.75 Å². The van der Waals surface area contributed by atoms with Crippen LogP contribution in [-0.2, 0) is 22.6 Å². The van der Waals surface area contributed by atoms with E-state index in [2.05, 4.69) is 5.32 Å². The molecule has 0 atom stereocenters. The first kappa shape index (κ1) is 25.3. The van der Waals surface area contributed by atoms with Gasteiger partial charge in [-0.15, -0.1) is 0 Å². The van der Waals surface area contributed by atoms with E-state index in [0.717, 1.165) is 35.4 Å². The number of hydrogen-bond acceptors (Lipinski definition) is 4. The number of nitrogens with one attached hydrogen (secondary N) is 1. The highest BCUT2D eigenvalue weighted by atomic mass is 19.1. The van der Waals surface area contributed by atoms with E-state index in [-0.39, 0.29) is 24.0 Å². The zero-order valence-electron chi connectivity index (χ0n) is 20.0. The molecule has 4 rings (SSSR count). The summed E-state index contributed by atoms with van der Waals surface area (Å²) in [5.41, 5.74) is 1.95. The Kier molecular flexibility index (Phi) is 8.62. The molecular weight excluding hydrogens is 464 g/mol. The summed E-state index contributed by atoms with van der Waals surface area (Å²) < 4.78 is 32.6. The summed E-state index contributed by atoms with van der Waals surface area (Å²) in [5.74, 6) is -1.11. The van der Waals surface area contributed by atoms with Crippen LogP contribution in [0.1, 0.15) is 17.5 Å². The van der Waals surface area contributed by atoms with Crippen LogP contribution in [0.15, 0.2) is 72.8 Å². The molecule has 0 aliphatic carbocycles. The number of nitrogens with zero attached hydrogens (tertiary/aromatic N) is 2. The number of ether oxygens (including phenoxy) is 1. The Morgan fingerprint density at radius 3 is 2.39 bits per heavy atom. The molecule has 0 saturated carbocycles. The summed E-state index contributed by atoms with van der Waals surface area (Å²) in [6, 6.07) is 20.5. The molecule has 1 aliphatic heterocycles. The minimum absolute atomic E-state index is 0.0349. The second-order valence-corrected chi connectivity index (χ2v) is 8.78. The Bertz CT molecular complexity index is 1170. The van der Waals surface area contributed by atoms with Crippen LogP contribution in [-0.4, -0.2) is 54.3 Å². The van der Waals surface area contributed by atoms with E-state index in [0.29, 0.717) is 39.2 Å². The van der Waals surface area contributed by atoms with E-state index < -0.39 is 11.6 Å². The summed E-state index contributed by atoms with van der Waals surface area (Å²) in [7, 11) is 0. The molecule has 0 unspecified atom stereocenters. The highest BCUT2D eigenvalue weighted by Gasteiger charge is 2.21. The Balaban J connectivity index is 1.22. The second-order valence-electron chi connectivity index (χ2n) is 8.78. The first-order valence-corrected chi connectivity index (χ1v) is 12.0. The minimum atomic E-state index is -0.813. The third-order valence-electron chi connectivity index (χ3n) is 6.04. The first-order chi connectivity index (χ1) is 17.5. The lowest BCUT2D eigenvalue weighted by Crippen LogP contribution is -2.38. The molecule has 3 aromatic rings. The molecule has 1 saturated heterocycles. The van der Waals surface area contributed by atoms with Gasteiger partial charge in [-0.2, -0.15) is 0 Å². The molecule has 0 radical (unpaired) electrons. The Hall–Kier alpha value is -3.78. The van der Waals surface area contributed by atoms with E-state index >= 15 is 0 Å². The molecular formula is C28H29F2N3O3. The third-order valence-corrected chi connectivity index (χ3v) is 6.04. The lowest BCUT2D eigenvalue weighted by Gasteiger charge is -2.22. The molecule has 188 valence electrons. The average molecular weight is 494 g/mol. The minimum Gasteiger partial charge on any atom is -0.489 e. The van der Waals surface area contributed by atoms with E-state index in [1.54, 1.807) is 0 Å². The van der Waals surface area contributed by atoms with E-state index in [4.69, 9.17) is 4.74 Å². The zero-order valence-corrected chi connectivity index (χ0v) is 20.0. The van der Waals surface area contributed by atoms with Crippen LogP contribution in [0, 0.1) is 11.6 Å². The van der Waals surface area contributed by atoms with Crippen LogP contribution < -0.4 is 10.1 Å². The van der Waals surface area contributed by atoms with Gasteiger partial charge in [0.1, 0.15) is 24.0 Å². The van der Waals surface area contributed by atoms with Gasteiger partial charge >= 0.3 is 0 Å². The van der Waals surface area contributed by atoms with E-state index in [9.17, 15) is 18.4 Å². The maximum atomic E-state index is 13.8. The summed E-state index contributed by atoms with van der Waals surface area (Å²) in [6.07, 6.45) is 1.03. The molecule has 0 spiro atoms. The van der Waals surface area contributed by atoms with Crippen LogP contribution >= 0.6 is 0 Å². The Morgan fingerprint density at radius 2 is 1.64 bits per heavy atom. The summed E-state index contributed by atoms with van der Waals surface area (Å²) >= 11 is 0. The monoisotopic (exact) mass is 493 g/mol. The first-order valence-electron chi connectivity index (χ1n) is 12.0. The van der Waals surface area contributed by atoms with Gasteiger partial charge in [0.15, 0.2) is 0 Å². The maximum absolute atomic E-state index is 13.8. The van der Waals surface area contributed by atoms with Crippen molar-refractivity contribution < 1.29 is 23.1 Å². The number of carbonyl (C=O) groups excluding carboxylic acids is 2. The smallest absolute Gasteiger partial charge is 0.238 e. The molecule has 3 aromatic carbocycles. The normalized spacial score (nSPS) is 14.2. The highest BCUT2D eigenvalue weighted by Crippen LogP contribution is 2.17. The van der Waals surface area contributed by atoms with E-state index in [1.165, 1.54) is 6.07 Å². The molecule has 6 nitrogen and oxygen atoms in total. The second kappa shape index (κ2) is 12.3. The van der Waals surface area contributed by atoms with Gasteiger partial charge in [0.25, 0.3) is 0 Å². The topological polar surface area (TPSA) is 61.9 Å². The van der Waals surface area contributed by atoms with Gasteiger partial charge in [-0.1, -0.05) is 42.5 Å². The molecule has 1 aliphatic rings. The van der Waals surface area contributed by atoms with Crippen LogP contribution in [0.2, 0.25) is 0 Å². The highest BCUT2D eigenvalue weighted by molar-refractivity contribution is 5.92. The fourth-order valence-electron chi connectivity index (χ4n) is 4.09. The number of anilines is 1. The molecule has 8 heteroatoms. The van der Waals surface area contributed by atoms with Crippen molar-refractivity contribution in [2.45, 2.75) is 19.4 Å². The lowest BCUT2D eigenvalue weighted by atomic mass is 10.1. The molecule has 0 aromatic heterocycles. The van der Waals surface area contributed by atoms with Gasteiger partial charge in [-0.25, -0.2) is 8.78 Å². The van der Waals surface area contributed by atoms with Crippen molar-refractivity contribution in [1.29, 1.82) is 0 Å². The number of amides is 2. The van der Waals surface area contributed by atoms with Crippen molar-refractivity contribution in [1.82, 2.24) is 9.80 Å². The summed E-state index contributed by atoms with van der Waals surface area (Å²) in [6.45, 7) is 2.87. The average Bonchev–Trinajstić information content (AvgIpc) is 3.11. The van der Waals surface area contributed by atoms with Crippen molar-refractivity contribution in [2.24, 2.45) is 0 Å². The third kappa shape index (κ3) is 7.36. The van der Waals surface area contributed by atoms with Crippen molar-refractivity contribution in [3.05, 3.63) is 95.6 Å². The summed E-state index contributed by atoms with van der Waals surface area (Å²) in [4.78, 5) is 29.0. The van der Waals surface area contributed by atoms with Gasteiger partial charge in [-0.05, 0) is 41.8 Å². The molecule has 2 amide bonds. The fraction of sp³-hybridized carbons (Fsp3) is 0.286. The van der Waals surface area contributed by atoms with Crippen LogP contribution in [0.4, 0.5) is 14.5 Å². The van der Waals surface area contributed by atoms with Gasteiger partial charge in [0.2, 0.25) is 11.8 Å². The number of halogens is 2.